The molecule has 6 rings (SSSR count). The van der Waals surface area contributed by atoms with Crippen LogP contribution >= 0.6 is 0 Å². The van der Waals surface area contributed by atoms with E-state index in [0.717, 1.165) is 41.5 Å². The van der Waals surface area contributed by atoms with E-state index in [2.05, 4.69) is 32.7 Å². The van der Waals surface area contributed by atoms with Crippen molar-refractivity contribution in [1.29, 1.82) is 5.26 Å². The molecule has 2 aliphatic heterocycles. The van der Waals surface area contributed by atoms with Gasteiger partial charge in [-0.1, -0.05) is 12.6 Å². The molecule has 0 unspecified atom stereocenters. The highest BCUT2D eigenvalue weighted by atomic mass is 16.2. The van der Waals surface area contributed by atoms with E-state index in [1.54, 1.807) is 29.5 Å². The Balaban J connectivity index is 1.48. The Kier molecular flexibility index (Phi) is 4.67. The van der Waals surface area contributed by atoms with Crippen LogP contribution in [0.4, 0.5) is 5.82 Å². The van der Waals surface area contributed by atoms with Gasteiger partial charge < -0.3 is 9.80 Å². The molecule has 2 fully saturated rings. The molecular formula is C25H23N9O. The van der Waals surface area contributed by atoms with E-state index < -0.39 is 0 Å². The molecule has 0 atom stereocenters. The van der Waals surface area contributed by atoms with E-state index in [9.17, 15) is 10.1 Å². The van der Waals surface area contributed by atoms with Gasteiger partial charge in [-0.2, -0.15) is 15.3 Å². The van der Waals surface area contributed by atoms with Crippen LogP contribution in [0.25, 0.3) is 28.1 Å². The second-order valence-corrected chi connectivity index (χ2v) is 9.31. The average Bonchev–Trinajstić information content (AvgIpc) is 3.62. The van der Waals surface area contributed by atoms with E-state index in [1.807, 2.05) is 24.0 Å². The summed E-state index contributed by atoms with van der Waals surface area (Å²) in [6, 6.07) is 6.37. The minimum absolute atomic E-state index is 0.00612. The fourth-order valence-corrected chi connectivity index (χ4v) is 5.31. The lowest BCUT2D eigenvalue weighted by Gasteiger charge is -2.47. The molecular weight excluding hydrogens is 442 g/mol. The molecule has 1 spiro atoms. The highest BCUT2D eigenvalue weighted by Crippen LogP contribution is 2.43. The van der Waals surface area contributed by atoms with E-state index >= 15 is 0 Å². The number of aromatic amines is 1. The van der Waals surface area contributed by atoms with E-state index in [1.165, 1.54) is 6.08 Å². The number of imidazole rings is 1. The predicted molar refractivity (Wildman–Crippen MR) is 130 cm³/mol. The molecule has 3 aromatic heterocycles. The summed E-state index contributed by atoms with van der Waals surface area (Å²) in [6.45, 7) is 8.45. The molecule has 10 heteroatoms. The number of H-pyrrole nitrogens is 1. The normalized spacial score (nSPS) is 16.5. The lowest BCUT2D eigenvalue weighted by atomic mass is 9.79. The topological polar surface area (TPSA) is 120 Å². The van der Waals surface area contributed by atoms with Gasteiger partial charge in [-0.25, -0.2) is 9.97 Å². The number of aromatic nitrogens is 6. The number of amides is 1. The number of anilines is 1. The number of nitrogens with zero attached hydrogens (tertiary/aromatic N) is 8. The number of carbonyl (C=O) groups is 1. The molecule has 174 valence electrons. The first-order valence-electron chi connectivity index (χ1n) is 11.4. The first-order valence-corrected chi connectivity index (χ1v) is 11.4. The molecule has 0 saturated carbocycles. The number of likely N-dealkylation sites (tertiary alicyclic amines) is 1. The van der Waals surface area contributed by atoms with Crippen LogP contribution in [0.5, 0.6) is 0 Å². The number of aryl methyl sites for hydroxylation is 1. The highest BCUT2D eigenvalue weighted by molar-refractivity contribution is 5.97. The number of carbonyl (C=O) groups excluding carboxylic acids is 1. The summed E-state index contributed by atoms with van der Waals surface area (Å²) in [5, 5.41) is 18.5. The lowest BCUT2D eigenvalue weighted by Crippen LogP contribution is -2.59. The van der Waals surface area contributed by atoms with Gasteiger partial charge in [0.25, 0.3) is 0 Å². The number of hydrogen-bond acceptors (Lipinski definition) is 7. The molecule has 0 radical (unpaired) electrons. The van der Waals surface area contributed by atoms with Crippen molar-refractivity contribution in [1.82, 2.24) is 34.6 Å². The third-order valence-electron chi connectivity index (χ3n) is 7.07. The number of nitrogens with one attached hydrogen (secondary N) is 1. The Morgan fingerprint density at radius 3 is 2.89 bits per heavy atom. The summed E-state index contributed by atoms with van der Waals surface area (Å²) in [4.78, 5) is 29.8. The van der Waals surface area contributed by atoms with Gasteiger partial charge in [-0.15, -0.1) is 0 Å². The molecule has 0 bridgehead atoms. The molecule has 0 aliphatic carbocycles. The Bertz CT molecular complexity index is 1510. The minimum atomic E-state index is -0.0396. The van der Waals surface area contributed by atoms with Crippen molar-refractivity contribution in [3.8, 4) is 23.3 Å². The lowest BCUT2D eigenvalue weighted by molar-refractivity contribution is -0.136. The van der Waals surface area contributed by atoms with Crippen LogP contribution in [0, 0.1) is 23.7 Å². The Hall–Kier alpha value is -4.52. The maximum absolute atomic E-state index is 12.0. The summed E-state index contributed by atoms with van der Waals surface area (Å²) in [5.41, 5.74) is 3.74. The van der Waals surface area contributed by atoms with Crippen molar-refractivity contribution in [2.24, 2.45) is 5.41 Å². The molecule has 4 aromatic rings. The van der Waals surface area contributed by atoms with Crippen LogP contribution < -0.4 is 4.90 Å². The fraction of sp³-hybridized carbons (Fsp3) is 0.280. The number of nitriles is 1. The first-order chi connectivity index (χ1) is 17.0. The third-order valence-corrected chi connectivity index (χ3v) is 7.07. The van der Waals surface area contributed by atoms with E-state index in [0.29, 0.717) is 36.1 Å². The first kappa shape index (κ1) is 21.0. The summed E-state index contributed by atoms with van der Waals surface area (Å²) >= 11 is 0. The van der Waals surface area contributed by atoms with Gasteiger partial charge in [0, 0.05) is 54.9 Å². The number of fused-ring (bicyclic) bond motifs is 1. The minimum Gasteiger partial charge on any atom is -0.355 e. The van der Waals surface area contributed by atoms with Crippen molar-refractivity contribution in [2.45, 2.75) is 13.3 Å². The van der Waals surface area contributed by atoms with Crippen LogP contribution in [-0.2, 0) is 4.79 Å². The zero-order valence-electron chi connectivity index (χ0n) is 19.3. The zero-order valence-corrected chi connectivity index (χ0v) is 19.3. The summed E-state index contributed by atoms with van der Waals surface area (Å²) < 4.78 is 1.75. The van der Waals surface area contributed by atoms with Gasteiger partial charge in [0.05, 0.1) is 17.4 Å². The van der Waals surface area contributed by atoms with Crippen LogP contribution in [0.3, 0.4) is 0 Å². The summed E-state index contributed by atoms with van der Waals surface area (Å²) in [5.74, 6) is 1.01. The number of hydrogen-bond donors (Lipinski definition) is 1. The van der Waals surface area contributed by atoms with Crippen molar-refractivity contribution in [3.05, 3.63) is 60.8 Å². The maximum atomic E-state index is 12.0. The second-order valence-electron chi connectivity index (χ2n) is 9.31. The van der Waals surface area contributed by atoms with Crippen LogP contribution in [0.15, 0.2) is 49.7 Å². The highest BCUT2D eigenvalue weighted by Gasteiger charge is 2.49. The van der Waals surface area contributed by atoms with Crippen molar-refractivity contribution < 1.29 is 4.79 Å². The van der Waals surface area contributed by atoms with Crippen LogP contribution in [0.2, 0.25) is 0 Å². The fourth-order valence-electron chi connectivity index (χ4n) is 5.31. The molecule has 1 aromatic carbocycles. The van der Waals surface area contributed by atoms with Crippen LogP contribution in [0.1, 0.15) is 17.5 Å². The standard InChI is InChI=1S/C25H23N9O/c1-3-20(35)34-13-25(14-34)6-8-32(12-25)23-17(10-26)22(29-24(30-23)33-9-7-27-15-33)21-16(2)4-5-19-18(21)11-28-31-19/h3-5,7,9,11,15H,1,6,8,12-14H2,2H3,(H,28,31). The van der Waals surface area contributed by atoms with Crippen LogP contribution in [-0.4, -0.2) is 66.7 Å². The summed E-state index contributed by atoms with van der Waals surface area (Å²) in [6.07, 6.45) is 9.16. The van der Waals surface area contributed by atoms with Gasteiger partial charge in [0.2, 0.25) is 11.9 Å². The molecule has 5 heterocycles. The quantitative estimate of drug-likeness (QED) is 0.460. The molecule has 1 N–H and O–H groups in total. The SMILES string of the molecule is C=CC(=O)N1CC2(CCN(c3nc(-n4ccnc4)nc(-c4c(C)ccc5[nH]ncc45)c3C#N)C2)C1. The second kappa shape index (κ2) is 7.77. The van der Waals surface area contributed by atoms with Crippen molar-refractivity contribution >= 4 is 22.6 Å². The molecule has 35 heavy (non-hydrogen) atoms. The van der Waals surface area contributed by atoms with E-state index in [4.69, 9.17) is 9.97 Å². The van der Waals surface area contributed by atoms with Gasteiger partial charge in [-0.3, -0.25) is 14.5 Å². The molecule has 2 saturated heterocycles. The van der Waals surface area contributed by atoms with E-state index in [-0.39, 0.29) is 11.3 Å². The predicted octanol–water partition coefficient (Wildman–Crippen LogP) is 2.61. The number of rotatable bonds is 4. The monoisotopic (exact) mass is 465 g/mol. The van der Waals surface area contributed by atoms with Gasteiger partial charge in [0.1, 0.15) is 18.0 Å². The maximum Gasteiger partial charge on any atom is 0.245 e. The Labute approximate surface area is 201 Å². The Morgan fingerprint density at radius 2 is 2.14 bits per heavy atom. The summed E-state index contributed by atoms with van der Waals surface area (Å²) in [7, 11) is 0. The molecule has 10 nitrogen and oxygen atoms in total. The van der Waals surface area contributed by atoms with Gasteiger partial charge in [0.15, 0.2) is 5.82 Å². The largest absolute Gasteiger partial charge is 0.355 e. The Morgan fingerprint density at radius 1 is 1.29 bits per heavy atom. The molecule has 2 aliphatic rings. The third kappa shape index (κ3) is 3.27. The average molecular weight is 466 g/mol. The van der Waals surface area contributed by atoms with Gasteiger partial charge in [-0.05, 0) is 31.1 Å². The zero-order chi connectivity index (χ0) is 24.2. The van der Waals surface area contributed by atoms with Crippen molar-refractivity contribution in [3.63, 3.8) is 0 Å². The smallest absolute Gasteiger partial charge is 0.245 e. The van der Waals surface area contributed by atoms with Gasteiger partial charge >= 0.3 is 0 Å². The molecule has 1 amide bonds. The van der Waals surface area contributed by atoms with Crippen molar-refractivity contribution in [2.75, 3.05) is 31.1 Å². The number of benzene rings is 1.